The van der Waals surface area contributed by atoms with Gasteiger partial charge in [0.25, 0.3) is 11.8 Å². The monoisotopic (exact) mass is 659 g/mol. The van der Waals surface area contributed by atoms with Crippen molar-refractivity contribution in [3.8, 4) is 5.75 Å². The minimum absolute atomic E-state index is 0.0618. The number of nitrogens with zero attached hydrogens (tertiary/aromatic N) is 2. The standard InChI is InChI=1S/C35H41N5O6S/c1-24(27-13-9-15-36-22-27)38-34(42)28-18-29(20-30(19-28)40(2)47(4,44)45)35(43)39-32(17-25-10-6-5-7-11-25)33(41)23-37-21-26-12-8-14-31(16-26)46-3/h5-16,18-20,22,24,32-33,37,41H,17,21,23H2,1-4H3,(H,38,42)(H,39,43). The van der Waals surface area contributed by atoms with Gasteiger partial charge in [-0.25, -0.2) is 8.42 Å². The van der Waals surface area contributed by atoms with E-state index in [4.69, 9.17) is 4.74 Å². The van der Waals surface area contributed by atoms with E-state index in [1.54, 1.807) is 32.5 Å². The maximum Gasteiger partial charge on any atom is 0.251 e. The molecule has 11 nitrogen and oxygen atoms in total. The van der Waals surface area contributed by atoms with Crippen LogP contribution < -0.4 is 25.0 Å². The lowest BCUT2D eigenvalue weighted by atomic mass is 10.00. The molecule has 248 valence electrons. The van der Waals surface area contributed by atoms with Crippen molar-refractivity contribution in [3.63, 3.8) is 0 Å². The summed E-state index contributed by atoms with van der Waals surface area (Å²) in [5.41, 5.74) is 2.95. The molecule has 0 aliphatic carbocycles. The second-order valence-electron chi connectivity index (χ2n) is 11.3. The van der Waals surface area contributed by atoms with Gasteiger partial charge in [-0.3, -0.25) is 18.9 Å². The van der Waals surface area contributed by atoms with Crippen LogP contribution in [0.1, 0.15) is 50.4 Å². The summed E-state index contributed by atoms with van der Waals surface area (Å²) in [6.45, 7) is 2.44. The number of hydrogen-bond donors (Lipinski definition) is 4. The third-order valence-electron chi connectivity index (χ3n) is 7.73. The number of nitrogens with one attached hydrogen (secondary N) is 3. The van der Waals surface area contributed by atoms with Gasteiger partial charge in [0.05, 0.1) is 37.2 Å². The summed E-state index contributed by atoms with van der Waals surface area (Å²) in [7, 11) is -0.769. The Morgan fingerprint density at radius 1 is 0.915 bits per heavy atom. The first kappa shape index (κ1) is 35.1. The molecule has 0 saturated carbocycles. The molecule has 12 heteroatoms. The summed E-state index contributed by atoms with van der Waals surface area (Å²) >= 11 is 0. The number of aliphatic hydroxyl groups is 1. The molecule has 0 fully saturated rings. The van der Waals surface area contributed by atoms with Gasteiger partial charge in [0.2, 0.25) is 10.0 Å². The number of rotatable bonds is 15. The van der Waals surface area contributed by atoms with Gasteiger partial charge in [-0.1, -0.05) is 48.5 Å². The molecule has 4 N–H and O–H groups in total. The van der Waals surface area contributed by atoms with Crippen molar-refractivity contribution < 1.29 is 27.9 Å². The first-order chi connectivity index (χ1) is 22.4. The average molecular weight is 660 g/mol. The quantitative estimate of drug-likeness (QED) is 0.152. The van der Waals surface area contributed by atoms with E-state index in [9.17, 15) is 23.1 Å². The molecule has 2 amide bonds. The highest BCUT2D eigenvalue weighted by Crippen LogP contribution is 2.22. The molecule has 3 aromatic carbocycles. The number of ether oxygens (including phenoxy) is 1. The van der Waals surface area contributed by atoms with Crippen LogP contribution in [0.15, 0.2) is 97.3 Å². The second-order valence-corrected chi connectivity index (χ2v) is 13.3. The van der Waals surface area contributed by atoms with E-state index in [-0.39, 0.29) is 23.4 Å². The fourth-order valence-corrected chi connectivity index (χ4v) is 5.42. The van der Waals surface area contributed by atoms with E-state index in [0.29, 0.717) is 13.0 Å². The van der Waals surface area contributed by atoms with Crippen molar-refractivity contribution in [1.29, 1.82) is 0 Å². The van der Waals surface area contributed by atoms with E-state index < -0.39 is 40.0 Å². The smallest absolute Gasteiger partial charge is 0.251 e. The van der Waals surface area contributed by atoms with Crippen LogP contribution in [-0.2, 0) is 23.0 Å². The van der Waals surface area contributed by atoms with Gasteiger partial charge in [-0.2, -0.15) is 0 Å². The first-order valence-electron chi connectivity index (χ1n) is 15.1. The predicted molar refractivity (Wildman–Crippen MR) is 182 cm³/mol. The lowest BCUT2D eigenvalue weighted by Gasteiger charge is -2.25. The maximum atomic E-state index is 13.8. The molecule has 4 aromatic rings. The molecule has 0 radical (unpaired) electrons. The molecule has 1 heterocycles. The highest BCUT2D eigenvalue weighted by molar-refractivity contribution is 7.92. The van der Waals surface area contributed by atoms with Crippen molar-refractivity contribution in [1.82, 2.24) is 20.9 Å². The van der Waals surface area contributed by atoms with E-state index in [2.05, 4.69) is 20.9 Å². The van der Waals surface area contributed by atoms with Gasteiger partial charge in [0.15, 0.2) is 0 Å². The van der Waals surface area contributed by atoms with Gasteiger partial charge in [0.1, 0.15) is 5.75 Å². The lowest BCUT2D eigenvalue weighted by molar-refractivity contribution is 0.0830. The van der Waals surface area contributed by atoms with Gasteiger partial charge in [-0.15, -0.1) is 0 Å². The Bertz CT molecular complexity index is 1760. The molecule has 0 aliphatic heterocycles. The van der Waals surface area contributed by atoms with E-state index in [1.165, 1.54) is 25.2 Å². The minimum atomic E-state index is -3.72. The van der Waals surface area contributed by atoms with Crippen LogP contribution in [0.25, 0.3) is 0 Å². The first-order valence-corrected chi connectivity index (χ1v) is 17.0. The predicted octanol–water partition coefficient (Wildman–Crippen LogP) is 3.47. The van der Waals surface area contributed by atoms with Crippen LogP contribution in [-0.4, -0.2) is 69.4 Å². The largest absolute Gasteiger partial charge is 0.497 e. The summed E-state index contributed by atoms with van der Waals surface area (Å²) < 4.78 is 31.2. The Morgan fingerprint density at radius 2 is 1.60 bits per heavy atom. The number of benzene rings is 3. The molecule has 4 rings (SSSR count). The van der Waals surface area contributed by atoms with Gasteiger partial charge in [0, 0.05) is 43.7 Å². The molecular weight excluding hydrogens is 618 g/mol. The highest BCUT2D eigenvalue weighted by atomic mass is 32.2. The number of aromatic nitrogens is 1. The number of pyridine rings is 1. The highest BCUT2D eigenvalue weighted by Gasteiger charge is 2.25. The lowest BCUT2D eigenvalue weighted by Crippen LogP contribution is -2.48. The summed E-state index contributed by atoms with van der Waals surface area (Å²) in [6, 6.07) is 23.7. The van der Waals surface area contributed by atoms with Crippen LogP contribution in [0.5, 0.6) is 5.75 Å². The fraction of sp³-hybridized carbons (Fsp3) is 0.286. The molecule has 0 spiro atoms. The Hall–Kier alpha value is -4.78. The number of aliphatic hydroxyl groups excluding tert-OH is 1. The number of amides is 2. The number of anilines is 1. The number of carbonyl (C=O) groups is 2. The van der Waals surface area contributed by atoms with Crippen LogP contribution in [0.3, 0.4) is 0 Å². The van der Waals surface area contributed by atoms with Crippen LogP contribution >= 0.6 is 0 Å². The van der Waals surface area contributed by atoms with Crippen molar-refractivity contribution >= 4 is 27.5 Å². The minimum Gasteiger partial charge on any atom is -0.497 e. The van der Waals surface area contributed by atoms with Crippen LogP contribution in [0.4, 0.5) is 5.69 Å². The number of carbonyl (C=O) groups excluding carboxylic acids is 2. The number of hydrogen-bond acceptors (Lipinski definition) is 8. The molecule has 3 atom stereocenters. The molecule has 47 heavy (non-hydrogen) atoms. The van der Waals surface area contributed by atoms with Gasteiger partial charge in [-0.05, 0) is 66.4 Å². The Balaban J connectivity index is 1.58. The Morgan fingerprint density at radius 3 is 2.23 bits per heavy atom. The Kier molecular flexibility index (Phi) is 12.1. The van der Waals surface area contributed by atoms with Crippen molar-refractivity contribution in [3.05, 3.63) is 125 Å². The van der Waals surface area contributed by atoms with E-state index in [0.717, 1.165) is 33.0 Å². The van der Waals surface area contributed by atoms with Crippen LogP contribution in [0, 0.1) is 0 Å². The molecule has 0 bridgehead atoms. The van der Waals surface area contributed by atoms with Gasteiger partial charge >= 0.3 is 0 Å². The number of sulfonamides is 1. The fourth-order valence-electron chi connectivity index (χ4n) is 4.93. The molecule has 3 unspecified atom stereocenters. The molecule has 0 aliphatic rings. The zero-order valence-electron chi connectivity index (χ0n) is 26.9. The zero-order valence-corrected chi connectivity index (χ0v) is 27.7. The molecular formula is C35H41N5O6S. The average Bonchev–Trinajstić information content (AvgIpc) is 3.07. The Labute approximate surface area is 276 Å². The third kappa shape index (κ3) is 10.1. The summed E-state index contributed by atoms with van der Waals surface area (Å²) in [6.07, 6.45) is 3.64. The number of methoxy groups -OCH3 is 1. The zero-order chi connectivity index (χ0) is 34.0. The van der Waals surface area contributed by atoms with E-state index in [1.807, 2.05) is 60.7 Å². The van der Waals surface area contributed by atoms with Crippen molar-refractivity contribution in [2.24, 2.45) is 0 Å². The summed E-state index contributed by atoms with van der Waals surface area (Å²) in [5.74, 6) is -0.347. The topological polar surface area (TPSA) is 150 Å². The molecule has 1 aromatic heterocycles. The SMILES string of the molecule is COc1cccc(CNCC(O)C(Cc2ccccc2)NC(=O)c2cc(C(=O)NC(C)c3cccnc3)cc(N(C)S(C)(=O)=O)c2)c1. The van der Waals surface area contributed by atoms with Crippen molar-refractivity contribution in [2.75, 3.05) is 31.3 Å². The third-order valence-corrected chi connectivity index (χ3v) is 8.94. The van der Waals surface area contributed by atoms with Crippen LogP contribution in [0.2, 0.25) is 0 Å². The molecule has 0 saturated heterocycles. The van der Waals surface area contributed by atoms with Crippen molar-refractivity contribution in [2.45, 2.75) is 38.1 Å². The summed E-state index contributed by atoms with van der Waals surface area (Å²) in [5, 5.41) is 20.3. The van der Waals surface area contributed by atoms with Gasteiger partial charge < -0.3 is 25.8 Å². The second kappa shape index (κ2) is 16.2. The summed E-state index contributed by atoms with van der Waals surface area (Å²) in [4.78, 5) is 31.3. The maximum absolute atomic E-state index is 13.8. The normalized spacial score (nSPS) is 13.2. The van der Waals surface area contributed by atoms with E-state index >= 15 is 0 Å².